The lowest BCUT2D eigenvalue weighted by Crippen LogP contribution is -2.68. The van der Waals surface area contributed by atoms with Crippen molar-refractivity contribution in [3.05, 3.63) is 0 Å². The quantitative estimate of drug-likeness (QED) is 0.0394. The zero-order chi connectivity index (χ0) is 39.0. The van der Waals surface area contributed by atoms with E-state index in [1.807, 2.05) is 0 Å². The second kappa shape index (κ2) is 39.5. The summed E-state index contributed by atoms with van der Waals surface area (Å²) in [4.78, 5) is 48.8. The van der Waals surface area contributed by atoms with E-state index in [4.69, 9.17) is 5.11 Å². The molecule has 9 nitrogen and oxygen atoms in total. The highest BCUT2D eigenvalue weighted by atomic mass is 16.4. The first-order chi connectivity index (χ1) is 25.8. The first-order valence-electron chi connectivity index (χ1n) is 22.7. The molecule has 0 aromatic rings. The molecule has 7 N–H and O–H groups in total. The van der Waals surface area contributed by atoms with Gasteiger partial charge in [-0.1, -0.05) is 194 Å². The van der Waals surface area contributed by atoms with E-state index in [9.17, 15) is 19.2 Å². The van der Waals surface area contributed by atoms with Gasteiger partial charge in [0.1, 0.15) is 0 Å². The lowest BCUT2D eigenvalue weighted by molar-refractivity contribution is -0.405. The van der Waals surface area contributed by atoms with Crippen molar-refractivity contribution in [3.8, 4) is 0 Å². The topological polar surface area (TPSA) is 152 Å². The molecule has 0 aliphatic rings. The first-order valence-corrected chi connectivity index (χ1v) is 22.7. The predicted molar refractivity (Wildman–Crippen MR) is 221 cm³/mol. The number of hydrogen-bond donors (Lipinski definition) is 5. The van der Waals surface area contributed by atoms with Crippen molar-refractivity contribution in [3.63, 3.8) is 0 Å². The second-order valence-corrected chi connectivity index (χ2v) is 15.8. The molecular weight excluding hydrogens is 665 g/mol. The molecule has 0 fully saturated rings. The molecule has 0 spiro atoms. The van der Waals surface area contributed by atoms with Crippen LogP contribution in [0, 0.1) is 0 Å². The maximum absolute atomic E-state index is 12.8. The fraction of sp³-hybridized carbons (Fsp3) is 0.909. The van der Waals surface area contributed by atoms with Gasteiger partial charge in [-0.25, -0.2) is 0 Å². The number of hydrogen-bond acceptors (Lipinski definition) is 4. The van der Waals surface area contributed by atoms with Crippen molar-refractivity contribution in [1.29, 1.82) is 0 Å². The van der Waals surface area contributed by atoms with Crippen molar-refractivity contribution < 1.29 is 30.0 Å². The average Bonchev–Trinajstić information content (AvgIpc) is 3.14. The molecule has 0 heterocycles. The fourth-order valence-corrected chi connectivity index (χ4v) is 6.91. The Kier molecular flexibility index (Phi) is 37.9. The zero-order valence-electron chi connectivity index (χ0n) is 34.9. The highest BCUT2D eigenvalue weighted by Gasteiger charge is 2.21. The number of amides is 3. The average molecular weight is 752 g/mol. The van der Waals surface area contributed by atoms with Crippen LogP contribution >= 0.6 is 0 Å². The summed E-state index contributed by atoms with van der Waals surface area (Å²) >= 11 is 0. The van der Waals surface area contributed by atoms with E-state index < -0.39 is 18.1 Å². The lowest BCUT2D eigenvalue weighted by atomic mass is 10.0. The third-order valence-corrected chi connectivity index (χ3v) is 10.5. The molecule has 0 rings (SSSR count). The molecule has 2 unspecified atom stereocenters. The second-order valence-electron chi connectivity index (χ2n) is 15.8. The van der Waals surface area contributed by atoms with Gasteiger partial charge in [0, 0.05) is 32.4 Å². The summed E-state index contributed by atoms with van der Waals surface area (Å²) < 4.78 is 0. The lowest BCUT2D eigenvalue weighted by Gasteiger charge is -2.21. The summed E-state index contributed by atoms with van der Waals surface area (Å²) in [6, 6.07) is -1.14. The van der Waals surface area contributed by atoms with Gasteiger partial charge in [-0.15, -0.1) is 0 Å². The third-order valence-electron chi connectivity index (χ3n) is 10.5. The van der Waals surface area contributed by atoms with Crippen LogP contribution in [0.15, 0.2) is 0 Å². The summed E-state index contributed by atoms with van der Waals surface area (Å²) in [5.41, 5.74) is 3.79. The fourth-order valence-electron chi connectivity index (χ4n) is 6.91. The summed E-state index contributed by atoms with van der Waals surface area (Å²) in [7, 11) is 0. The van der Waals surface area contributed by atoms with Gasteiger partial charge in [-0.2, -0.15) is 0 Å². The molecule has 0 aliphatic carbocycles. The van der Waals surface area contributed by atoms with E-state index in [0.717, 1.165) is 38.5 Å². The molecule has 0 aromatic carbocycles. The summed E-state index contributed by atoms with van der Waals surface area (Å²) in [6.45, 7) is 4.92. The first kappa shape index (κ1) is 50.8. The van der Waals surface area contributed by atoms with E-state index in [1.54, 1.807) is 0 Å². The van der Waals surface area contributed by atoms with E-state index in [2.05, 4.69) is 35.5 Å². The summed E-state index contributed by atoms with van der Waals surface area (Å²) in [5, 5.41) is 17.7. The van der Waals surface area contributed by atoms with Crippen LogP contribution in [0.25, 0.3) is 0 Å². The summed E-state index contributed by atoms with van der Waals surface area (Å²) in [6.07, 6.45) is 39.2. The van der Waals surface area contributed by atoms with Crippen LogP contribution in [0.3, 0.4) is 0 Å². The van der Waals surface area contributed by atoms with Gasteiger partial charge in [0.15, 0.2) is 6.04 Å². The van der Waals surface area contributed by atoms with Gasteiger partial charge in [-0.05, 0) is 12.8 Å². The monoisotopic (exact) mass is 752 g/mol. The van der Waals surface area contributed by atoms with Crippen LogP contribution in [0.1, 0.15) is 232 Å². The molecule has 0 aliphatic heterocycles. The number of carbonyl (C=O) groups excluding carboxylic acids is 3. The highest BCUT2D eigenvalue weighted by molar-refractivity contribution is 5.81. The molecule has 0 saturated carbocycles. The minimum absolute atomic E-state index is 0.0378. The molecule has 2 atom stereocenters. The molecule has 0 radical (unpaired) electrons. The number of quaternary nitrogens is 1. The molecule has 3 amide bonds. The normalized spacial score (nSPS) is 12.4. The van der Waals surface area contributed by atoms with Gasteiger partial charge in [0.25, 0.3) is 5.91 Å². The largest absolute Gasteiger partial charge is 0.481 e. The minimum atomic E-state index is -0.966. The maximum Gasteiger partial charge on any atom is 0.303 e. The Labute approximate surface area is 326 Å². The predicted octanol–water partition coefficient (Wildman–Crippen LogP) is 9.70. The standard InChI is InChI=1S/C44H86N4O5/c1-3-5-7-9-11-13-15-17-19-21-23-25-27-29-31-33-41(49)46-37-39(38-47-44(53)40(45)35-36-43(51)52)48-42(50)34-32-30-28-26-24-22-20-18-16-14-12-10-8-6-4-2/h39-40H,3-38,45H2,1-2H3,(H,46,49)(H,47,53)(H,48,50)(H,51,52)/p+1. The number of carbonyl (C=O) groups is 4. The highest BCUT2D eigenvalue weighted by Crippen LogP contribution is 2.15. The Balaban J connectivity index is 4.22. The summed E-state index contributed by atoms with van der Waals surface area (Å²) in [5.74, 6) is -1.43. The molecule has 0 saturated heterocycles. The van der Waals surface area contributed by atoms with Crippen molar-refractivity contribution in [2.75, 3.05) is 13.1 Å². The Morgan fingerprint density at radius 3 is 1.13 bits per heavy atom. The Morgan fingerprint density at radius 1 is 0.453 bits per heavy atom. The number of unbranched alkanes of at least 4 members (excludes halogenated alkanes) is 28. The van der Waals surface area contributed by atoms with Crippen LogP contribution in [0.2, 0.25) is 0 Å². The Bertz CT molecular complexity index is 871. The van der Waals surface area contributed by atoms with Crippen molar-refractivity contribution in [2.24, 2.45) is 0 Å². The van der Waals surface area contributed by atoms with Gasteiger partial charge < -0.3 is 26.8 Å². The van der Waals surface area contributed by atoms with Crippen molar-refractivity contribution >= 4 is 23.7 Å². The Hall–Kier alpha value is -2.16. The molecule has 53 heavy (non-hydrogen) atoms. The molecule has 0 aromatic heterocycles. The number of aliphatic carboxylic acids is 1. The third kappa shape index (κ3) is 37.9. The molecular formula is C44H87N4O5+. The number of carboxylic acids is 1. The van der Waals surface area contributed by atoms with Crippen LogP contribution < -0.4 is 21.7 Å². The van der Waals surface area contributed by atoms with E-state index in [-0.39, 0.29) is 43.7 Å². The Morgan fingerprint density at radius 2 is 0.774 bits per heavy atom. The van der Waals surface area contributed by atoms with Crippen molar-refractivity contribution in [2.45, 2.75) is 244 Å². The van der Waals surface area contributed by atoms with E-state index >= 15 is 0 Å². The SMILES string of the molecule is CCCCCCCCCCCCCCCCCC(=O)NCC(CNC(=O)C([NH3+])CCC(=O)O)NC(=O)CCCCCCCCCCCCCCCCC. The van der Waals surface area contributed by atoms with Gasteiger partial charge in [0.2, 0.25) is 11.8 Å². The minimum Gasteiger partial charge on any atom is -0.481 e. The van der Waals surface area contributed by atoms with Crippen LogP contribution in [0.4, 0.5) is 0 Å². The number of nitrogens with one attached hydrogen (secondary N) is 3. The number of rotatable bonds is 41. The number of carboxylic acid groups (broad SMARTS) is 1. The maximum atomic E-state index is 12.8. The molecule has 0 bridgehead atoms. The zero-order valence-corrected chi connectivity index (χ0v) is 34.9. The van der Waals surface area contributed by atoms with Crippen LogP contribution in [-0.2, 0) is 19.2 Å². The van der Waals surface area contributed by atoms with Gasteiger partial charge in [-0.3, -0.25) is 19.2 Å². The van der Waals surface area contributed by atoms with E-state index in [1.165, 1.54) is 154 Å². The smallest absolute Gasteiger partial charge is 0.303 e. The van der Waals surface area contributed by atoms with Gasteiger partial charge in [0.05, 0.1) is 12.5 Å². The molecule has 9 heteroatoms. The van der Waals surface area contributed by atoms with Crippen molar-refractivity contribution in [1.82, 2.24) is 16.0 Å². The van der Waals surface area contributed by atoms with Crippen LogP contribution in [-0.4, -0.2) is 54.0 Å². The van der Waals surface area contributed by atoms with Crippen LogP contribution in [0.5, 0.6) is 0 Å². The van der Waals surface area contributed by atoms with Gasteiger partial charge >= 0.3 is 5.97 Å². The van der Waals surface area contributed by atoms with E-state index in [0.29, 0.717) is 12.8 Å². The molecule has 312 valence electrons.